The lowest BCUT2D eigenvalue weighted by Gasteiger charge is -1.95. The van der Waals surface area contributed by atoms with Crippen LogP contribution in [0.3, 0.4) is 0 Å². The fraction of sp³-hybridized carbons (Fsp3) is 0.0909. The number of nitrogens with two attached hydrogens (primary N) is 1. The highest BCUT2D eigenvalue weighted by Gasteiger charge is 2.11. The summed E-state index contributed by atoms with van der Waals surface area (Å²) in [4.78, 5) is 11.9. The molecule has 20 heavy (non-hydrogen) atoms. The Bertz CT molecular complexity index is 765. The van der Waals surface area contributed by atoms with Gasteiger partial charge in [0.05, 0.1) is 21.4 Å². The molecule has 6 nitrogen and oxygen atoms in total. The molecule has 0 aliphatic heterocycles. The minimum absolute atomic E-state index is 0.0888. The summed E-state index contributed by atoms with van der Waals surface area (Å²) < 4.78 is 1.02. The van der Waals surface area contributed by atoms with Gasteiger partial charge in [-0.05, 0) is 37.3 Å². The topological polar surface area (TPSA) is 88.5 Å². The van der Waals surface area contributed by atoms with E-state index >= 15 is 0 Å². The Morgan fingerprint density at radius 2 is 2.05 bits per heavy atom. The lowest BCUT2D eigenvalue weighted by Crippen LogP contribution is -2.29. The molecule has 0 spiro atoms. The van der Waals surface area contributed by atoms with Crippen LogP contribution >= 0.6 is 35.4 Å². The molecule has 0 aliphatic rings. The Morgan fingerprint density at radius 1 is 1.35 bits per heavy atom. The van der Waals surface area contributed by atoms with Gasteiger partial charge in [-0.2, -0.15) is 9.80 Å². The van der Waals surface area contributed by atoms with E-state index in [2.05, 4.69) is 15.3 Å². The number of rotatable bonds is 2. The minimum Gasteiger partial charge on any atom is -0.374 e. The van der Waals surface area contributed by atoms with Gasteiger partial charge in [-0.3, -0.25) is 9.89 Å². The average Bonchev–Trinajstić information content (AvgIpc) is 2.67. The summed E-state index contributed by atoms with van der Waals surface area (Å²) >= 11 is 16.4. The fourth-order valence-corrected chi connectivity index (χ4v) is 1.89. The summed E-state index contributed by atoms with van der Waals surface area (Å²) in [5, 5.41) is 11.2. The molecule has 0 amide bonds. The van der Waals surface area contributed by atoms with Crippen LogP contribution in [0.25, 0.3) is 0 Å². The smallest absolute Gasteiger partial charge is 0.301 e. The van der Waals surface area contributed by atoms with Crippen molar-refractivity contribution >= 4 is 51.9 Å². The molecule has 1 aromatic carbocycles. The molecule has 3 N–H and O–H groups in total. The number of aromatic nitrogens is 2. The molecule has 9 heteroatoms. The highest BCUT2D eigenvalue weighted by Crippen LogP contribution is 2.27. The highest BCUT2D eigenvalue weighted by molar-refractivity contribution is 7.80. The number of hydrogen-bond donors (Lipinski definition) is 2. The van der Waals surface area contributed by atoms with Gasteiger partial charge in [0.25, 0.3) is 0 Å². The number of aryl methyl sites for hydroxylation is 1. The third-order valence-corrected chi connectivity index (χ3v) is 3.35. The highest BCUT2D eigenvalue weighted by atomic mass is 35.5. The standard InChI is InChI=1S/C11H9Cl2N5OS/c1-5-9(10(19)18(17-5)11(14)20)16-15-6-2-3-7(12)8(13)4-6/h2-4,17H,1H3,(H2,14,20). The number of halogens is 2. The van der Waals surface area contributed by atoms with Crippen LogP contribution in [-0.4, -0.2) is 14.9 Å². The molecule has 1 aromatic heterocycles. The lowest BCUT2D eigenvalue weighted by molar-refractivity contribution is 0.889. The quantitative estimate of drug-likeness (QED) is 0.654. The first-order valence-corrected chi connectivity index (χ1v) is 6.55. The van der Waals surface area contributed by atoms with Gasteiger partial charge in [-0.1, -0.05) is 23.2 Å². The average molecular weight is 330 g/mol. The van der Waals surface area contributed by atoms with Gasteiger partial charge >= 0.3 is 5.56 Å². The second kappa shape index (κ2) is 5.74. The van der Waals surface area contributed by atoms with Crippen molar-refractivity contribution < 1.29 is 0 Å². The van der Waals surface area contributed by atoms with E-state index in [9.17, 15) is 4.79 Å². The van der Waals surface area contributed by atoms with E-state index in [4.69, 9.17) is 41.2 Å². The predicted molar refractivity (Wildman–Crippen MR) is 82.6 cm³/mol. The number of hydrogen-bond acceptors (Lipinski definition) is 4. The van der Waals surface area contributed by atoms with E-state index in [1.807, 2.05) is 0 Å². The molecule has 0 atom stereocenters. The van der Waals surface area contributed by atoms with Gasteiger partial charge in [-0.25, -0.2) is 0 Å². The molecule has 0 unspecified atom stereocenters. The van der Waals surface area contributed by atoms with Gasteiger partial charge < -0.3 is 5.73 Å². The molecule has 0 aliphatic carbocycles. The van der Waals surface area contributed by atoms with E-state index in [-0.39, 0.29) is 10.8 Å². The summed E-state index contributed by atoms with van der Waals surface area (Å²) in [6, 6.07) is 4.77. The zero-order chi connectivity index (χ0) is 14.9. The monoisotopic (exact) mass is 329 g/mol. The van der Waals surface area contributed by atoms with Crippen LogP contribution in [0.5, 0.6) is 0 Å². The van der Waals surface area contributed by atoms with E-state index < -0.39 is 5.56 Å². The van der Waals surface area contributed by atoms with Crippen molar-refractivity contribution in [2.75, 3.05) is 0 Å². The molecular weight excluding hydrogens is 321 g/mol. The van der Waals surface area contributed by atoms with Gasteiger partial charge in [0.15, 0.2) is 10.8 Å². The van der Waals surface area contributed by atoms with Crippen molar-refractivity contribution in [3.05, 3.63) is 44.3 Å². The van der Waals surface area contributed by atoms with Crippen molar-refractivity contribution in [3.8, 4) is 0 Å². The van der Waals surface area contributed by atoms with Crippen LogP contribution in [0.4, 0.5) is 11.4 Å². The van der Waals surface area contributed by atoms with Gasteiger partial charge in [-0.15, -0.1) is 5.11 Å². The fourth-order valence-electron chi connectivity index (χ4n) is 1.47. The largest absolute Gasteiger partial charge is 0.374 e. The summed E-state index contributed by atoms with van der Waals surface area (Å²) in [7, 11) is 0. The van der Waals surface area contributed by atoms with Crippen LogP contribution < -0.4 is 11.3 Å². The lowest BCUT2D eigenvalue weighted by atomic mass is 10.3. The first-order chi connectivity index (χ1) is 9.40. The Morgan fingerprint density at radius 3 is 2.60 bits per heavy atom. The SMILES string of the molecule is Cc1[nH]n(C(N)=S)c(=O)c1N=Nc1ccc(Cl)c(Cl)c1. The first kappa shape index (κ1) is 14.7. The zero-order valence-electron chi connectivity index (χ0n) is 10.2. The number of H-pyrrole nitrogens is 1. The van der Waals surface area contributed by atoms with Gasteiger partial charge in [0, 0.05) is 0 Å². The maximum atomic E-state index is 11.9. The third-order valence-electron chi connectivity index (χ3n) is 2.43. The molecule has 2 rings (SSSR count). The number of nitrogens with zero attached hydrogens (tertiary/aromatic N) is 3. The van der Waals surface area contributed by atoms with Crippen molar-refractivity contribution in [2.45, 2.75) is 6.92 Å². The Kier molecular flexibility index (Phi) is 4.22. The van der Waals surface area contributed by atoms with Crippen molar-refractivity contribution in [3.63, 3.8) is 0 Å². The Labute approximate surface area is 129 Å². The Hall–Kier alpha value is -1.70. The number of nitrogens with one attached hydrogen (secondary N) is 1. The van der Waals surface area contributed by atoms with Crippen molar-refractivity contribution in [1.82, 2.24) is 9.78 Å². The molecule has 0 bridgehead atoms. The normalized spacial score (nSPS) is 11.2. The maximum absolute atomic E-state index is 11.9. The minimum atomic E-state index is -0.459. The van der Waals surface area contributed by atoms with Crippen molar-refractivity contribution in [2.24, 2.45) is 16.0 Å². The number of aromatic amines is 1. The second-order valence-electron chi connectivity index (χ2n) is 3.86. The van der Waals surface area contributed by atoms with Crippen LogP contribution in [-0.2, 0) is 0 Å². The number of benzene rings is 1. The summed E-state index contributed by atoms with van der Waals surface area (Å²) in [5.41, 5.74) is 6.05. The summed E-state index contributed by atoms with van der Waals surface area (Å²) in [5.74, 6) is 0. The molecule has 0 radical (unpaired) electrons. The molecular formula is C11H9Cl2N5OS. The van der Waals surface area contributed by atoms with E-state index in [0.717, 1.165) is 4.68 Å². The maximum Gasteiger partial charge on any atom is 0.301 e. The molecule has 104 valence electrons. The van der Waals surface area contributed by atoms with E-state index in [1.165, 1.54) is 0 Å². The van der Waals surface area contributed by atoms with Crippen LogP contribution in [0, 0.1) is 6.92 Å². The van der Waals surface area contributed by atoms with Gasteiger partial charge in [0.2, 0.25) is 0 Å². The van der Waals surface area contributed by atoms with Crippen LogP contribution in [0.1, 0.15) is 5.69 Å². The number of thiocarbonyl (C=S) groups is 1. The molecule has 0 saturated carbocycles. The third kappa shape index (κ3) is 2.90. The molecule has 1 heterocycles. The van der Waals surface area contributed by atoms with Gasteiger partial charge in [0.1, 0.15) is 0 Å². The summed E-state index contributed by atoms with van der Waals surface area (Å²) in [6.45, 7) is 1.67. The predicted octanol–water partition coefficient (Wildman–Crippen LogP) is 3.30. The molecule has 0 fully saturated rings. The van der Waals surface area contributed by atoms with E-state index in [0.29, 0.717) is 21.4 Å². The van der Waals surface area contributed by atoms with Crippen molar-refractivity contribution in [1.29, 1.82) is 0 Å². The number of azo groups is 1. The molecule has 2 aromatic rings. The zero-order valence-corrected chi connectivity index (χ0v) is 12.6. The first-order valence-electron chi connectivity index (χ1n) is 5.38. The van der Waals surface area contributed by atoms with Crippen LogP contribution in [0.2, 0.25) is 10.0 Å². The van der Waals surface area contributed by atoms with E-state index in [1.54, 1.807) is 25.1 Å². The Balaban J connectivity index is 2.39. The summed E-state index contributed by atoms with van der Waals surface area (Å²) in [6.07, 6.45) is 0. The second-order valence-corrected chi connectivity index (χ2v) is 5.10. The molecule has 0 saturated heterocycles. The van der Waals surface area contributed by atoms with Crippen LogP contribution in [0.15, 0.2) is 33.2 Å².